The van der Waals surface area contributed by atoms with Crippen LogP contribution in [0.1, 0.15) is 29.3 Å². The lowest BCUT2D eigenvalue weighted by molar-refractivity contribution is 0.0697. The van der Waals surface area contributed by atoms with Gasteiger partial charge in [-0.25, -0.2) is 9.59 Å². The third-order valence-corrected chi connectivity index (χ3v) is 3.38. The summed E-state index contributed by atoms with van der Waals surface area (Å²) < 4.78 is 3.19. The van der Waals surface area contributed by atoms with Crippen molar-refractivity contribution < 1.29 is 9.90 Å². The molecule has 0 radical (unpaired) electrons. The average molecular weight is 295 g/mol. The van der Waals surface area contributed by atoms with Gasteiger partial charge in [0.2, 0.25) is 0 Å². The van der Waals surface area contributed by atoms with Crippen LogP contribution in [0.3, 0.4) is 0 Å². The number of rotatable bonds is 5. The van der Waals surface area contributed by atoms with Crippen molar-refractivity contribution in [1.82, 2.24) is 9.13 Å². The van der Waals surface area contributed by atoms with E-state index in [0.29, 0.717) is 23.7 Å². The van der Waals surface area contributed by atoms with E-state index in [2.05, 4.69) is 0 Å². The zero-order chi connectivity index (χ0) is 14.7. The first-order chi connectivity index (χ1) is 9.52. The van der Waals surface area contributed by atoms with Crippen molar-refractivity contribution in [3.8, 4) is 0 Å². The van der Waals surface area contributed by atoms with Crippen LogP contribution in [0.5, 0.6) is 0 Å². The molecule has 0 saturated carbocycles. The summed E-state index contributed by atoms with van der Waals surface area (Å²) in [6, 6.07) is 4.51. The van der Waals surface area contributed by atoms with Gasteiger partial charge in [0, 0.05) is 24.0 Å². The van der Waals surface area contributed by atoms with Crippen LogP contribution in [0.2, 0.25) is 5.02 Å². The van der Waals surface area contributed by atoms with Crippen LogP contribution in [0, 0.1) is 0 Å². The van der Waals surface area contributed by atoms with Gasteiger partial charge in [-0.2, -0.15) is 0 Å². The number of aromatic nitrogens is 2. The fourth-order valence-corrected chi connectivity index (χ4v) is 2.22. The summed E-state index contributed by atoms with van der Waals surface area (Å²) in [5.74, 6) is -1.02. The highest BCUT2D eigenvalue weighted by Crippen LogP contribution is 2.18. The molecule has 106 valence electrons. The molecule has 1 heterocycles. The molecule has 0 aliphatic carbocycles. The molecule has 2 rings (SSSR count). The lowest BCUT2D eigenvalue weighted by atomic mass is 10.1. The molecule has 0 atom stereocenters. The molecular formula is C14H15ClN2O3. The maximum absolute atomic E-state index is 12.0. The fraction of sp³-hybridized carbons (Fsp3) is 0.286. The van der Waals surface area contributed by atoms with Crippen molar-refractivity contribution in [2.45, 2.75) is 26.4 Å². The number of carboxylic acids is 1. The van der Waals surface area contributed by atoms with E-state index in [1.807, 2.05) is 6.92 Å². The van der Waals surface area contributed by atoms with Crippen molar-refractivity contribution in [3.05, 3.63) is 57.2 Å². The van der Waals surface area contributed by atoms with Crippen LogP contribution in [0.4, 0.5) is 0 Å². The Morgan fingerprint density at radius 3 is 2.60 bits per heavy atom. The second-order valence-corrected chi connectivity index (χ2v) is 4.92. The molecule has 2 aromatic rings. The molecule has 5 nitrogen and oxygen atoms in total. The van der Waals surface area contributed by atoms with E-state index in [1.54, 1.807) is 27.6 Å². The number of nitrogens with zero attached hydrogens (tertiary/aromatic N) is 2. The summed E-state index contributed by atoms with van der Waals surface area (Å²) in [7, 11) is 0. The summed E-state index contributed by atoms with van der Waals surface area (Å²) >= 11 is 6.06. The van der Waals surface area contributed by atoms with Gasteiger partial charge in [0.25, 0.3) is 0 Å². The third-order valence-electron chi connectivity index (χ3n) is 3.02. The van der Waals surface area contributed by atoms with Crippen molar-refractivity contribution in [3.63, 3.8) is 0 Å². The molecule has 0 spiro atoms. The molecule has 1 aromatic heterocycles. The minimum absolute atomic E-state index is 0.0924. The number of carbonyl (C=O) groups is 1. The number of imidazole rings is 1. The predicted molar refractivity (Wildman–Crippen MR) is 76.5 cm³/mol. The van der Waals surface area contributed by atoms with E-state index < -0.39 is 5.97 Å². The molecule has 6 heteroatoms. The van der Waals surface area contributed by atoms with Crippen molar-refractivity contribution in [1.29, 1.82) is 0 Å². The Labute approximate surface area is 121 Å². The summed E-state index contributed by atoms with van der Waals surface area (Å²) in [5.41, 5.74) is 0.757. The Morgan fingerprint density at radius 2 is 2.00 bits per heavy atom. The summed E-state index contributed by atoms with van der Waals surface area (Å²) in [5, 5.41) is 9.23. The quantitative estimate of drug-likeness (QED) is 0.921. The van der Waals surface area contributed by atoms with Crippen LogP contribution < -0.4 is 5.69 Å². The smallest absolute Gasteiger partial charge is 0.335 e. The van der Waals surface area contributed by atoms with Crippen LogP contribution in [0.15, 0.2) is 35.4 Å². The highest BCUT2D eigenvalue weighted by molar-refractivity contribution is 6.31. The number of aromatic carboxylic acids is 1. The molecule has 0 fully saturated rings. The van der Waals surface area contributed by atoms with Gasteiger partial charge < -0.3 is 5.11 Å². The molecule has 0 aliphatic heterocycles. The van der Waals surface area contributed by atoms with E-state index in [4.69, 9.17) is 16.7 Å². The standard InChI is InChI=1S/C14H15ClN2O3/c1-2-5-16-6-7-17(14(16)20)9-11-4-3-10(13(18)19)8-12(11)15/h3-4,6-8H,2,5,9H2,1H3,(H,18,19). The minimum Gasteiger partial charge on any atom is -0.478 e. The van der Waals surface area contributed by atoms with E-state index >= 15 is 0 Å². The first-order valence-corrected chi connectivity index (χ1v) is 6.68. The van der Waals surface area contributed by atoms with Crippen LogP contribution in [0.25, 0.3) is 0 Å². The molecule has 1 aromatic carbocycles. The zero-order valence-corrected chi connectivity index (χ0v) is 11.8. The molecule has 0 aliphatic rings. The lowest BCUT2D eigenvalue weighted by Gasteiger charge is -2.06. The summed E-state index contributed by atoms with van der Waals surface area (Å²) in [6.07, 6.45) is 4.34. The molecule has 0 saturated heterocycles. The van der Waals surface area contributed by atoms with Gasteiger partial charge in [-0.05, 0) is 24.1 Å². The number of halogens is 1. The highest BCUT2D eigenvalue weighted by atomic mass is 35.5. The Morgan fingerprint density at radius 1 is 1.30 bits per heavy atom. The molecule has 0 amide bonds. The Balaban J connectivity index is 2.26. The number of aryl methyl sites for hydroxylation is 1. The molecule has 0 unspecified atom stereocenters. The maximum Gasteiger partial charge on any atom is 0.335 e. The van der Waals surface area contributed by atoms with E-state index in [-0.39, 0.29) is 11.3 Å². The average Bonchev–Trinajstić information content (AvgIpc) is 2.74. The number of benzene rings is 1. The second-order valence-electron chi connectivity index (χ2n) is 4.51. The number of hydrogen-bond acceptors (Lipinski definition) is 2. The van der Waals surface area contributed by atoms with Gasteiger partial charge >= 0.3 is 11.7 Å². The van der Waals surface area contributed by atoms with Crippen LogP contribution in [-0.4, -0.2) is 20.2 Å². The first kappa shape index (κ1) is 14.4. The minimum atomic E-state index is -1.02. The van der Waals surface area contributed by atoms with E-state index in [9.17, 15) is 9.59 Å². The van der Waals surface area contributed by atoms with Gasteiger partial charge in [-0.1, -0.05) is 24.6 Å². The maximum atomic E-state index is 12.0. The van der Waals surface area contributed by atoms with Crippen molar-refractivity contribution in [2.24, 2.45) is 0 Å². The first-order valence-electron chi connectivity index (χ1n) is 6.30. The Hall–Kier alpha value is -2.01. The van der Waals surface area contributed by atoms with E-state index in [0.717, 1.165) is 6.42 Å². The lowest BCUT2D eigenvalue weighted by Crippen LogP contribution is -2.24. The normalized spacial score (nSPS) is 10.7. The molecule has 1 N–H and O–H groups in total. The number of carboxylic acid groups (broad SMARTS) is 1. The van der Waals surface area contributed by atoms with Gasteiger partial charge in [0.1, 0.15) is 0 Å². The summed E-state index contributed by atoms with van der Waals surface area (Å²) in [6.45, 7) is 3.01. The Bertz CT molecular complexity index is 688. The fourth-order valence-electron chi connectivity index (χ4n) is 1.98. The van der Waals surface area contributed by atoms with Crippen molar-refractivity contribution >= 4 is 17.6 Å². The van der Waals surface area contributed by atoms with E-state index in [1.165, 1.54) is 12.1 Å². The van der Waals surface area contributed by atoms with Gasteiger partial charge in [0.15, 0.2) is 0 Å². The topological polar surface area (TPSA) is 64.2 Å². The van der Waals surface area contributed by atoms with Gasteiger partial charge in [0.05, 0.1) is 12.1 Å². The monoisotopic (exact) mass is 294 g/mol. The molecule has 20 heavy (non-hydrogen) atoms. The second kappa shape index (κ2) is 5.96. The number of hydrogen-bond donors (Lipinski definition) is 1. The largest absolute Gasteiger partial charge is 0.478 e. The highest BCUT2D eigenvalue weighted by Gasteiger charge is 2.09. The van der Waals surface area contributed by atoms with Crippen LogP contribution >= 0.6 is 11.6 Å². The van der Waals surface area contributed by atoms with Crippen molar-refractivity contribution in [2.75, 3.05) is 0 Å². The van der Waals surface area contributed by atoms with Gasteiger partial charge in [-0.15, -0.1) is 0 Å². The zero-order valence-electron chi connectivity index (χ0n) is 11.0. The summed E-state index contributed by atoms with van der Waals surface area (Å²) in [4.78, 5) is 22.9. The third kappa shape index (κ3) is 2.93. The predicted octanol–water partition coefficient (Wildman–Crippen LogP) is 2.46. The molecule has 0 bridgehead atoms. The Kier molecular flexibility index (Phi) is 4.29. The van der Waals surface area contributed by atoms with Gasteiger partial charge in [-0.3, -0.25) is 9.13 Å². The van der Waals surface area contributed by atoms with Crippen LogP contribution in [-0.2, 0) is 13.1 Å². The SMILES string of the molecule is CCCn1ccn(Cc2ccc(C(=O)O)cc2Cl)c1=O. The molecular weight excluding hydrogens is 280 g/mol.